The summed E-state index contributed by atoms with van der Waals surface area (Å²) in [6.45, 7) is 3.02. The number of methoxy groups -OCH3 is 1. The molecule has 1 rings (SSSR count). The third-order valence-electron chi connectivity index (χ3n) is 2.75. The number of hydrogen-bond donors (Lipinski definition) is 2. The van der Waals surface area contributed by atoms with E-state index in [2.05, 4.69) is 5.32 Å². The number of amides is 1. The first-order valence-electron chi connectivity index (χ1n) is 5.57. The number of benzene rings is 1. The average Bonchev–Trinajstić information content (AvgIpc) is 2.38. The van der Waals surface area contributed by atoms with Crippen LogP contribution in [-0.2, 0) is 9.53 Å². The number of nitro benzene ring substituents is 1. The van der Waals surface area contributed by atoms with Crippen molar-refractivity contribution >= 4 is 23.3 Å². The molecule has 1 aromatic carbocycles. The van der Waals surface area contributed by atoms with Crippen LogP contribution in [0.1, 0.15) is 24.2 Å². The zero-order chi connectivity index (χ0) is 15.5. The molecule has 0 aromatic heterocycles. The lowest BCUT2D eigenvalue weighted by Gasteiger charge is -2.22. The van der Waals surface area contributed by atoms with Gasteiger partial charge in [0.1, 0.15) is 5.60 Å². The van der Waals surface area contributed by atoms with Crippen LogP contribution in [0.25, 0.3) is 0 Å². The van der Waals surface area contributed by atoms with Crippen LogP contribution in [0.2, 0.25) is 0 Å². The summed E-state index contributed by atoms with van der Waals surface area (Å²) in [7, 11) is 1.34. The Morgan fingerprint density at radius 3 is 2.45 bits per heavy atom. The first-order valence-corrected chi connectivity index (χ1v) is 5.57. The molecule has 0 aliphatic rings. The number of nitrogens with zero attached hydrogens (tertiary/aromatic N) is 1. The molecule has 0 aliphatic heterocycles. The fourth-order valence-corrected chi connectivity index (χ4v) is 1.30. The van der Waals surface area contributed by atoms with E-state index in [1.807, 2.05) is 0 Å². The highest BCUT2D eigenvalue weighted by molar-refractivity contribution is 6.03. The Balaban J connectivity index is 3.16. The second kappa shape index (κ2) is 5.66. The Bertz CT molecular complexity index is 567. The van der Waals surface area contributed by atoms with Crippen LogP contribution >= 0.6 is 0 Å². The molecule has 1 aromatic rings. The molecule has 0 unspecified atom stereocenters. The van der Waals surface area contributed by atoms with Crippen molar-refractivity contribution in [3.8, 4) is 0 Å². The van der Waals surface area contributed by atoms with E-state index in [-0.39, 0.29) is 16.9 Å². The quantitative estimate of drug-likeness (QED) is 0.626. The lowest BCUT2D eigenvalue weighted by atomic mass is 10.1. The maximum absolute atomic E-state index is 11.9. The van der Waals surface area contributed by atoms with Crippen molar-refractivity contribution in [2.24, 2.45) is 0 Å². The minimum absolute atomic E-state index is 0.0294. The second-order valence-corrected chi connectivity index (χ2v) is 4.46. The van der Waals surface area contributed by atoms with Gasteiger partial charge in [0, 0.05) is 19.2 Å². The number of aromatic carboxylic acids is 1. The predicted molar refractivity (Wildman–Crippen MR) is 69.8 cm³/mol. The molecule has 0 heterocycles. The highest BCUT2D eigenvalue weighted by Crippen LogP contribution is 2.23. The van der Waals surface area contributed by atoms with Gasteiger partial charge in [-0.05, 0) is 19.9 Å². The van der Waals surface area contributed by atoms with Crippen molar-refractivity contribution in [1.29, 1.82) is 0 Å². The van der Waals surface area contributed by atoms with Crippen molar-refractivity contribution in [3.05, 3.63) is 33.9 Å². The number of nitro groups is 1. The van der Waals surface area contributed by atoms with Crippen LogP contribution in [-0.4, -0.2) is 34.6 Å². The van der Waals surface area contributed by atoms with E-state index in [0.29, 0.717) is 0 Å². The number of carbonyl (C=O) groups excluding carboxylic acids is 1. The van der Waals surface area contributed by atoms with Crippen molar-refractivity contribution in [3.63, 3.8) is 0 Å². The zero-order valence-corrected chi connectivity index (χ0v) is 11.2. The Morgan fingerprint density at radius 1 is 1.40 bits per heavy atom. The molecule has 8 heteroatoms. The van der Waals surface area contributed by atoms with Gasteiger partial charge in [-0.1, -0.05) is 0 Å². The van der Waals surface area contributed by atoms with Crippen LogP contribution in [0, 0.1) is 10.1 Å². The van der Waals surface area contributed by atoms with Gasteiger partial charge in [0.15, 0.2) is 0 Å². The molecule has 0 aliphatic carbocycles. The fraction of sp³-hybridized carbons (Fsp3) is 0.333. The van der Waals surface area contributed by atoms with Gasteiger partial charge in [-0.25, -0.2) is 4.79 Å². The summed E-state index contributed by atoms with van der Waals surface area (Å²) in [5.41, 5.74) is -1.92. The first-order chi connectivity index (χ1) is 9.19. The lowest BCUT2D eigenvalue weighted by Crippen LogP contribution is -2.39. The van der Waals surface area contributed by atoms with E-state index in [1.54, 1.807) is 0 Å². The van der Waals surface area contributed by atoms with Crippen LogP contribution < -0.4 is 5.32 Å². The predicted octanol–water partition coefficient (Wildman–Crippen LogP) is 1.66. The van der Waals surface area contributed by atoms with Crippen LogP contribution in [0.4, 0.5) is 11.4 Å². The van der Waals surface area contributed by atoms with E-state index in [9.17, 15) is 19.7 Å². The largest absolute Gasteiger partial charge is 0.478 e. The van der Waals surface area contributed by atoms with E-state index >= 15 is 0 Å². The number of non-ortho nitro benzene ring substituents is 1. The third kappa shape index (κ3) is 3.29. The molecule has 1 amide bonds. The number of carboxylic acids is 1. The van der Waals surface area contributed by atoms with Gasteiger partial charge < -0.3 is 15.2 Å². The van der Waals surface area contributed by atoms with Crippen LogP contribution in [0.5, 0.6) is 0 Å². The monoisotopic (exact) mass is 282 g/mol. The molecule has 2 N–H and O–H groups in total. The van der Waals surface area contributed by atoms with Crippen molar-refractivity contribution < 1.29 is 24.4 Å². The molecule has 0 spiro atoms. The molecule has 108 valence electrons. The molecule has 0 bridgehead atoms. The van der Waals surface area contributed by atoms with E-state index in [1.165, 1.54) is 27.0 Å². The van der Waals surface area contributed by atoms with E-state index in [4.69, 9.17) is 9.84 Å². The smallest absolute Gasteiger partial charge is 0.338 e. The molecule has 20 heavy (non-hydrogen) atoms. The highest BCUT2D eigenvalue weighted by atomic mass is 16.6. The van der Waals surface area contributed by atoms with Crippen LogP contribution in [0.3, 0.4) is 0 Å². The number of anilines is 1. The van der Waals surface area contributed by atoms with Crippen molar-refractivity contribution in [2.45, 2.75) is 19.4 Å². The number of rotatable bonds is 5. The summed E-state index contributed by atoms with van der Waals surface area (Å²) in [5.74, 6) is -1.93. The van der Waals surface area contributed by atoms with Gasteiger partial charge in [-0.2, -0.15) is 0 Å². The minimum atomic E-state index is -1.38. The number of nitrogens with one attached hydrogen (secondary N) is 1. The molecule has 0 saturated heterocycles. The average molecular weight is 282 g/mol. The van der Waals surface area contributed by atoms with Crippen molar-refractivity contribution in [2.75, 3.05) is 12.4 Å². The Kier molecular flexibility index (Phi) is 4.41. The third-order valence-corrected chi connectivity index (χ3v) is 2.75. The first kappa shape index (κ1) is 15.6. The summed E-state index contributed by atoms with van der Waals surface area (Å²) in [4.78, 5) is 32.9. The summed E-state index contributed by atoms with van der Waals surface area (Å²) >= 11 is 0. The summed E-state index contributed by atoms with van der Waals surface area (Å²) in [5, 5.41) is 22.0. The standard InChI is InChI=1S/C12H14N2O6/c1-12(2,20-3)11(17)13-9-5-4-7(14(18)19)6-8(9)10(15)16/h4-6H,1-3H3,(H,13,17)(H,15,16). The topological polar surface area (TPSA) is 119 Å². The lowest BCUT2D eigenvalue weighted by molar-refractivity contribution is -0.384. The van der Waals surface area contributed by atoms with Gasteiger partial charge in [0.2, 0.25) is 0 Å². The molecule has 0 saturated carbocycles. The van der Waals surface area contributed by atoms with Gasteiger partial charge in [0.25, 0.3) is 11.6 Å². The number of carboxylic acid groups (broad SMARTS) is 1. The summed E-state index contributed by atoms with van der Waals surface area (Å²) in [6, 6.07) is 3.17. The van der Waals surface area contributed by atoms with Crippen LogP contribution in [0.15, 0.2) is 18.2 Å². The SMILES string of the molecule is COC(C)(C)C(=O)Nc1ccc([N+](=O)[O-])cc1C(=O)O. The fourth-order valence-electron chi connectivity index (χ4n) is 1.30. The molecule has 8 nitrogen and oxygen atoms in total. The van der Waals surface area contributed by atoms with E-state index in [0.717, 1.165) is 12.1 Å². The van der Waals surface area contributed by atoms with Gasteiger partial charge in [0.05, 0.1) is 16.2 Å². The maximum Gasteiger partial charge on any atom is 0.338 e. The number of carbonyl (C=O) groups is 2. The number of ether oxygens (including phenoxy) is 1. The van der Waals surface area contributed by atoms with Gasteiger partial charge >= 0.3 is 5.97 Å². The van der Waals surface area contributed by atoms with E-state index < -0.39 is 22.4 Å². The Labute approximate surface area is 114 Å². The normalized spacial score (nSPS) is 10.9. The Morgan fingerprint density at radius 2 is 2.00 bits per heavy atom. The highest BCUT2D eigenvalue weighted by Gasteiger charge is 2.28. The van der Waals surface area contributed by atoms with Gasteiger partial charge in [-0.15, -0.1) is 0 Å². The molecular formula is C12H14N2O6. The Hall–Kier alpha value is -2.48. The number of hydrogen-bond acceptors (Lipinski definition) is 5. The summed E-state index contributed by atoms with van der Waals surface area (Å²) < 4.78 is 4.97. The minimum Gasteiger partial charge on any atom is -0.478 e. The summed E-state index contributed by atoms with van der Waals surface area (Å²) in [6.07, 6.45) is 0. The maximum atomic E-state index is 11.9. The molecular weight excluding hydrogens is 268 g/mol. The zero-order valence-electron chi connectivity index (χ0n) is 11.2. The molecule has 0 atom stereocenters. The second-order valence-electron chi connectivity index (χ2n) is 4.46. The molecule has 0 radical (unpaired) electrons. The molecule has 0 fully saturated rings. The van der Waals surface area contributed by atoms with Crippen molar-refractivity contribution in [1.82, 2.24) is 0 Å². The van der Waals surface area contributed by atoms with Gasteiger partial charge in [-0.3, -0.25) is 14.9 Å².